The Morgan fingerprint density at radius 2 is 2.30 bits per heavy atom. The zero-order valence-electron chi connectivity index (χ0n) is 11.3. The molecule has 0 aromatic carbocycles. The molecule has 1 N–H and O–H groups in total. The van der Waals surface area contributed by atoms with Gasteiger partial charge in [-0.15, -0.1) is 0 Å². The first-order valence-corrected chi connectivity index (χ1v) is 7.00. The van der Waals surface area contributed by atoms with Crippen molar-refractivity contribution in [2.75, 3.05) is 13.1 Å². The van der Waals surface area contributed by atoms with Crippen LogP contribution in [0.2, 0.25) is 5.02 Å². The molecular formula is C14H17ClN2O3. The van der Waals surface area contributed by atoms with Crippen molar-refractivity contribution in [3.63, 3.8) is 0 Å². The molecule has 6 heteroatoms. The van der Waals surface area contributed by atoms with E-state index in [-0.39, 0.29) is 12.5 Å². The fraction of sp³-hybridized carbons (Fsp3) is 0.500. The highest BCUT2D eigenvalue weighted by atomic mass is 35.5. The smallest absolute Gasteiger partial charge is 0.311 e. The maximum atomic E-state index is 12.5. The van der Waals surface area contributed by atoms with Crippen molar-refractivity contribution >= 4 is 23.5 Å². The molecule has 108 valence electrons. The highest BCUT2D eigenvalue weighted by Crippen LogP contribution is 2.34. The Hall–Kier alpha value is -1.62. The Labute approximate surface area is 122 Å². The predicted octanol–water partition coefficient (Wildman–Crippen LogP) is 2.45. The van der Waals surface area contributed by atoms with Crippen LogP contribution in [0.1, 0.15) is 36.5 Å². The van der Waals surface area contributed by atoms with Crippen LogP contribution in [0, 0.1) is 5.41 Å². The monoisotopic (exact) mass is 296 g/mol. The number of aliphatic carboxylic acids is 1. The summed E-state index contributed by atoms with van der Waals surface area (Å²) < 4.78 is 0. The van der Waals surface area contributed by atoms with Gasteiger partial charge in [-0.2, -0.15) is 0 Å². The molecular weight excluding hydrogens is 280 g/mol. The molecule has 1 aliphatic heterocycles. The quantitative estimate of drug-likeness (QED) is 0.930. The fourth-order valence-corrected chi connectivity index (χ4v) is 2.84. The van der Waals surface area contributed by atoms with E-state index >= 15 is 0 Å². The lowest BCUT2D eigenvalue weighted by Gasteiger charge is -2.39. The highest BCUT2D eigenvalue weighted by molar-refractivity contribution is 6.33. The van der Waals surface area contributed by atoms with Gasteiger partial charge in [-0.1, -0.05) is 18.5 Å². The molecule has 2 heterocycles. The third kappa shape index (κ3) is 2.63. The van der Waals surface area contributed by atoms with Crippen LogP contribution >= 0.6 is 11.6 Å². The van der Waals surface area contributed by atoms with Gasteiger partial charge in [0.2, 0.25) is 0 Å². The van der Waals surface area contributed by atoms with Gasteiger partial charge in [-0.25, -0.2) is 0 Å². The number of nitrogens with zero attached hydrogens (tertiary/aromatic N) is 2. The van der Waals surface area contributed by atoms with E-state index in [2.05, 4.69) is 4.98 Å². The van der Waals surface area contributed by atoms with E-state index in [1.807, 2.05) is 6.92 Å². The first kappa shape index (κ1) is 14.8. The highest BCUT2D eigenvalue weighted by Gasteiger charge is 2.42. The molecule has 0 aliphatic carbocycles. The lowest BCUT2D eigenvalue weighted by Crippen LogP contribution is -2.49. The van der Waals surface area contributed by atoms with Gasteiger partial charge in [0.1, 0.15) is 0 Å². The third-order valence-corrected chi connectivity index (χ3v) is 4.30. The summed E-state index contributed by atoms with van der Waals surface area (Å²) in [5.41, 5.74) is -0.466. The summed E-state index contributed by atoms with van der Waals surface area (Å²) in [6.07, 6.45) is 4.73. The van der Waals surface area contributed by atoms with Crippen LogP contribution in [-0.2, 0) is 4.79 Å². The number of likely N-dealkylation sites (tertiary alicyclic amines) is 1. The van der Waals surface area contributed by atoms with Gasteiger partial charge in [0.05, 0.1) is 16.0 Å². The van der Waals surface area contributed by atoms with Gasteiger partial charge >= 0.3 is 5.97 Å². The molecule has 5 nitrogen and oxygen atoms in total. The van der Waals surface area contributed by atoms with Crippen molar-refractivity contribution < 1.29 is 14.7 Å². The van der Waals surface area contributed by atoms with Gasteiger partial charge < -0.3 is 10.0 Å². The van der Waals surface area contributed by atoms with E-state index < -0.39 is 11.4 Å². The number of carboxylic acid groups (broad SMARTS) is 1. The minimum absolute atomic E-state index is 0.226. The van der Waals surface area contributed by atoms with Crippen LogP contribution in [0.4, 0.5) is 0 Å². The van der Waals surface area contributed by atoms with Crippen LogP contribution in [0.3, 0.4) is 0 Å². The van der Waals surface area contributed by atoms with Gasteiger partial charge in [0.15, 0.2) is 0 Å². The van der Waals surface area contributed by atoms with Gasteiger partial charge in [0, 0.05) is 25.5 Å². The molecule has 0 saturated carbocycles. The summed E-state index contributed by atoms with van der Waals surface area (Å²) in [5.74, 6) is -1.06. The lowest BCUT2D eigenvalue weighted by atomic mass is 9.77. The molecule has 0 bridgehead atoms. The number of halogens is 1. The van der Waals surface area contributed by atoms with Crippen LogP contribution in [-0.4, -0.2) is 40.0 Å². The molecule has 2 rings (SSSR count). The van der Waals surface area contributed by atoms with Crippen molar-refractivity contribution in [3.05, 3.63) is 29.0 Å². The average Bonchev–Trinajstić information content (AvgIpc) is 2.47. The average molecular weight is 297 g/mol. The number of rotatable bonds is 3. The van der Waals surface area contributed by atoms with E-state index in [1.165, 1.54) is 12.4 Å². The first-order chi connectivity index (χ1) is 9.50. The number of carbonyl (C=O) groups is 2. The minimum Gasteiger partial charge on any atom is -0.481 e. The number of piperidine rings is 1. The second-order valence-electron chi connectivity index (χ2n) is 5.12. The van der Waals surface area contributed by atoms with Crippen molar-refractivity contribution in [2.24, 2.45) is 5.41 Å². The number of carbonyl (C=O) groups excluding carboxylic acids is 1. The molecule has 1 aliphatic rings. The Morgan fingerprint density at radius 3 is 2.90 bits per heavy atom. The second kappa shape index (κ2) is 5.79. The Balaban J connectivity index is 2.23. The molecule has 1 atom stereocenters. The second-order valence-corrected chi connectivity index (χ2v) is 5.53. The number of pyridine rings is 1. The van der Waals surface area contributed by atoms with Gasteiger partial charge in [-0.3, -0.25) is 14.6 Å². The minimum atomic E-state index is -0.840. The summed E-state index contributed by atoms with van der Waals surface area (Å²) in [7, 11) is 0. The summed E-state index contributed by atoms with van der Waals surface area (Å²) in [5, 5.41) is 9.73. The number of hydrogen-bond acceptors (Lipinski definition) is 3. The van der Waals surface area contributed by atoms with Crippen molar-refractivity contribution in [3.8, 4) is 0 Å². The number of aromatic nitrogens is 1. The first-order valence-electron chi connectivity index (χ1n) is 6.62. The molecule has 0 radical (unpaired) electrons. The van der Waals surface area contributed by atoms with Gasteiger partial charge in [-0.05, 0) is 25.3 Å². The number of hydrogen-bond donors (Lipinski definition) is 1. The largest absolute Gasteiger partial charge is 0.481 e. The van der Waals surface area contributed by atoms with Crippen LogP contribution in [0.25, 0.3) is 0 Å². The zero-order chi connectivity index (χ0) is 14.8. The molecule has 20 heavy (non-hydrogen) atoms. The van der Waals surface area contributed by atoms with E-state index in [0.717, 1.165) is 0 Å². The Kier molecular flexibility index (Phi) is 4.28. The molecule has 1 saturated heterocycles. The van der Waals surface area contributed by atoms with Crippen molar-refractivity contribution in [2.45, 2.75) is 26.2 Å². The van der Waals surface area contributed by atoms with Crippen molar-refractivity contribution in [1.29, 1.82) is 0 Å². The van der Waals surface area contributed by atoms with E-state index in [1.54, 1.807) is 11.0 Å². The summed E-state index contributed by atoms with van der Waals surface area (Å²) in [6, 6.07) is 1.56. The van der Waals surface area contributed by atoms with E-state index in [4.69, 9.17) is 11.6 Å². The molecule has 1 amide bonds. The summed E-state index contributed by atoms with van der Waals surface area (Å²) in [4.78, 5) is 29.4. The van der Waals surface area contributed by atoms with Crippen LogP contribution in [0.5, 0.6) is 0 Å². The lowest BCUT2D eigenvalue weighted by molar-refractivity contribution is -0.152. The predicted molar refractivity (Wildman–Crippen MR) is 74.7 cm³/mol. The standard InChI is InChI=1S/C14H17ClN2O3/c1-2-14(13(19)20)5-3-7-17(9-14)12(18)10-4-6-16-8-11(10)15/h4,6,8H,2-3,5,7,9H2,1H3,(H,19,20). The van der Waals surface area contributed by atoms with Gasteiger partial charge in [0.25, 0.3) is 5.91 Å². The topological polar surface area (TPSA) is 70.5 Å². The number of carboxylic acids is 1. The molecule has 1 aromatic rings. The Morgan fingerprint density at radius 1 is 1.55 bits per heavy atom. The van der Waals surface area contributed by atoms with E-state index in [9.17, 15) is 14.7 Å². The molecule has 1 unspecified atom stereocenters. The maximum absolute atomic E-state index is 12.5. The van der Waals surface area contributed by atoms with E-state index in [0.29, 0.717) is 36.4 Å². The molecule has 0 spiro atoms. The summed E-state index contributed by atoms with van der Waals surface area (Å²) >= 11 is 5.98. The zero-order valence-corrected chi connectivity index (χ0v) is 12.1. The maximum Gasteiger partial charge on any atom is 0.311 e. The third-order valence-electron chi connectivity index (χ3n) is 4.00. The molecule has 1 aromatic heterocycles. The summed E-state index contributed by atoms with van der Waals surface area (Å²) in [6.45, 7) is 2.64. The SMILES string of the molecule is CCC1(C(=O)O)CCCN(C(=O)c2ccncc2Cl)C1. The Bertz CT molecular complexity index is 535. The van der Waals surface area contributed by atoms with Crippen LogP contribution < -0.4 is 0 Å². The fourth-order valence-electron chi connectivity index (χ4n) is 2.64. The normalized spacial score (nSPS) is 22.6. The van der Waals surface area contributed by atoms with Crippen LogP contribution in [0.15, 0.2) is 18.5 Å². The van der Waals surface area contributed by atoms with Crippen molar-refractivity contribution in [1.82, 2.24) is 9.88 Å². The molecule has 1 fully saturated rings. The number of amides is 1.